The van der Waals surface area contributed by atoms with E-state index in [0.717, 1.165) is 11.1 Å². The summed E-state index contributed by atoms with van der Waals surface area (Å²) in [6, 6.07) is 20.8. The van der Waals surface area contributed by atoms with E-state index >= 15 is 0 Å². The first-order valence-corrected chi connectivity index (χ1v) is 8.85. The summed E-state index contributed by atoms with van der Waals surface area (Å²) < 4.78 is 13.2. The first-order valence-electron chi connectivity index (χ1n) is 8.85. The Labute approximate surface area is 162 Å². The number of methoxy groups -OCH3 is 1. The SMILES string of the molecule is COc1cc(-c2cn3ccccc3c2C(=O)O)ccc1OCc1ccccc1. The Morgan fingerprint density at radius 3 is 2.54 bits per heavy atom. The molecule has 2 heterocycles. The summed E-state index contributed by atoms with van der Waals surface area (Å²) in [5, 5.41) is 9.74. The lowest BCUT2D eigenvalue weighted by atomic mass is 10.0. The minimum atomic E-state index is -0.966. The summed E-state index contributed by atoms with van der Waals surface area (Å²) in [5.41, 5.74) is 3.35. The van der Waals surface area contributed by atoms with Gasteiger partial charge in [0.25, 0.3) is 0 Å². The topological polar surface area (TPSA) is 60.2 Å². The Kier molecular flexibility index (Phi) is 4.72. The van der Waals surface area contributed by atoms with E-state index in [1.807, 2.05) is 77.5 Å². The van der Waals surface area contributed by atoms with E-state index in [4.69, 9.17) is 9.47 Å². The minimum Gasteiger partial charge on any atom is -0.493 e. The second kappa shape index (κ2) is 7.48. The number of carboxylic acids is 1. The standard InChI is InChI=1S/C23H19NO4/c1-27-21-13-17(10-11-20(21)28-15-16-7-3-2-4-8-16)18-14-24-12-6-5-9-19(24)22(18)23(25)26/h2-14H,15H2,1H3,(H,25,26). The molecular weight excluding hydrogens is 354 g/mol. The van der Waals surface area contributed by atoms with Crippen LogP contribution in [0.4, 0.5) is 0 Å². The maximum absolute atomic E-state index is 11.9. The molecule has 140 valence electrons. The molecule has 5 heteroatoms. The van der Waals surface area contributed by atoms with Crippen LogP contribution in [-0.2, 0) is 6.61 Å². The average molecular weight is 373 g/mol. The van der Waals surface area contributed by atoms with E-state index in [2.05, 4.69) is 0 Å². The molecule has 0 amide bonds. The van der Waals surface area contributed by atoms with Crippen molar-refractivity contribution >= 4 is 11.5 Å². The molecule has 0 fully saturated rings. The van der Waals surface area contributed by atoms with Crippen LogP contribution in [0, 0.1) is 0 Å². The number of aromatic nitrogens is 1. The Morgan fingerprint density at radius 1 is 1.00 bits per heavy atom. The molecule has 1 N–H and O–H groups in total. The summed E-state index contributed by atoms with van der Waals surface area (Å²) in [5.74, 6) is 0.197. The van der Waals surface area contributed by atoms with Crippen molar-refractivity contribution in [2.24, 2.45) is 0 Å². The van der Waals surface area contributed by atoms with Crippen molar-refractivity contribution in [2.45, 2.75) is 6.61 Å². The summed E-state index contributed by atoms with van der Waals surface area (Å²) >= 11 is 0. The number of carbonyl (C=O) groups is 1. The lowest BCUT2D eigenvalue weighted by Gasteiger charge is -2.12. The fourth-order valence-electron chi connectivity index (χ4n) is 3.26. The molecule has 4 aromatic rings. The van der Waals surface area contributed by atoms with Crippen molar-refractivity contribution in [3.05, 3.63) is 90.3 Å². The number of benzene rings is 2. The molecule has 0 spiro atoms. The van der Waals surface area contributed by atoms with Crippen LogP contribution in [0.1, 0.15) is 15.9 Å². The van der Waals surface area contributed by atoms with Crippen LogP contribution in [-0.4, -0.2) is 22.6 Å². The lowest BCUT2D eigenvalue weighted by molar-refractivity contribution is 0.0700. The van der Waals surface area contributed by atoms with Crippen molar-refractivity contribution in [2.75, 3.05) is 7.11 Å². The molecule has 0 radical (unpaired) electrons. The number of carboxylic acid groups (broad SMARTS) is 1. The first kappa shape index (κ1) is 17.7. The second-order valence-corrected chi connectivity index (χ2v) is 6.36. The van der Waals surface area contributed by atoms with Gasteiger partial charge in [-0.05, 0) is 35.4 Å². The lowest BCUT2D eigenvalue weighted by Crippen LogP contribution is -1.99. The van der Waals surface area contributed by atoms with Gasteiger partial charge in [-0.15, -0.1) is 0 Å². The van der Waals surface area contributed by atoms with Gasteiger partial charge in [0.15, 0.2) is 11.5 Å². The highest BCUT2D eigenvalue weighted by atomic mass is 16.5. The number of hydrogen-bond donors (Lipinski definition) is 1. The second-order valence-electron chi connectivity index (χ2n) is 6.36. The van der Waals surface area contributed by atoms with E-state index in [0.29, 0.717) is 29.2 Å². The van der Waals surface area contributed by atoms with Gasteiger partial charge in [-0.1, -0.05) is 42.5 Å². The Balaban J connectivity index is 1.71. The molecule has 0 saturated carbocycles. The maximum atomic E-state index is 11.9. The summed E-state index contributed by atoms with van der Waals surface area (Å²) in [6.07, 6.45) is 3.65. The molecular formula is C23H19NO4. The van der Waals surface area contributed by atoms with E-state index in [1.54, 1.807) is 13.2 Å². The highest BCUT2D eigenvalue weighted by Gasteiger charge is 2.19. The van der Waals surface area contributed by atoms with Crippen molar-refractivity contribution < 1.29 is 19.4 Å². The molecule has 4 rings (SSSR count). The van der Waals surface area contributed by atoms with E-state index in [9.17, 15) is 9.90 Å². The summed E-state index contributed by atoms with van der Waals surface area (Å²) in [6.45, 7) is 0.424. The normalized spacial score (nSPS) is 10.8. The maximum Gasteiger partial charge on any atom is 0.338 e. The van der Waals surface area contributed by atoms with Gasteiger partial charge < -0.3 is 19.0 Å². The minimum absolute atomic E-state index is 0.264. The molecule has 5 nitrogen and oxygen atoms in total. The highest BCUT2D eigenvalue weighted by Crippen LogP contribution is 2.36. The van der Waals surface area contributed by atoms with Crippen molar-refractivity contribution in [1.29, 1.82) is 0 Å². The Bertz CT molecular complexity index is 1130. The molecule has 28 heavy (non-hydrogen) atoms. The number of hydrogen-bond acceptors (Lipinski definition) is 3. The quantitative estimate of drug-likeness (QED) is 0.523. The van der Waals surface area contributed by atoms with Gasteiger partial charge in [-0.2, -0.15) is 0 Å². The molecule has 0 unspecified atom stereocenters. The predicted octanol–water partition coefficient (Wildman–Crippen LogP) is 4.89. The number of fused-ring (bicyclic) bond motifs is 1. The van der Waals surface area contributed by atoms with Crippen molar-refractivity contribution in [3.8, 4) is 22.6 Å². The smallest absolute Gasteiger partial charge is 0.338 e. The zero-order valence-electron chi connectivity index (χ0n) is 15.3. The highest BCUT2D eigenvalue weighted by molar-refractivity contribution is 6.03. The van der Waals surface area contributed by atoms with Crippen LogP contribution in [0.5, 0.6) is 11.5 Å². The van der Waals surface area contributed by atoms with Gasteiger partial charge in [0.05, 0.1) is 18.2 Å². The molecule has 0 bridgehead atoms. The third-order valence-electron chi connectivity index (χ3n) is 4.61. The molecule has 0 atom stereocenters. The van der Waals surface area contributed by atoms with Crippen LogP contribution >= 0.6 is 0 Å². The van der Waals surface area contributed by atoms with Gasteiger partial charge in [0.1, 0.15) is 6.61 Å². The fourth-order valence-corrected chi connectivity index (χ4v) is 3.26. The van der Waals surface area contributed by atoms with E-state index < -0.39 is 5.97 Å². The Morgan fingerprint density at radius 2 is 1.79 bits per heavy atom. The average Bonchev–Trinajstić information content (AvgIpc) is 3.12. The number of ether oxygens (including phenoxy) is 2. The fraction of sp³-hybridized carbons (Fsp3) is 0.0870. The van der Waals surface area contributed by atoms with Gasteiger partial charge in [0, 0.05) is 18.0 Å². The third kappa shape index (κ3) is 3.30. The number of rotatable bonds is 6. The van der Waals surface area contributed by atoms with Crippen LogP contribution in [0.25, 0.3) is 16.6 Å². The number of pyridine rings is 1. The van der Waals surface area contributed by atoms with Gasteiger partial charge in [-0.25, -0.2) is 4.79 Å². The van der Waals surface area contributed by atoms with Crippen molar-refractivity contribution in [1.82, 2.24) is 4.40 Å². The van der Waals surface area contributed by atoms with E-state index in [1.165, 1.54) is 0 Å². The molecule has 0 aliphatic rings. The van der Waals surface area contributed by atoms with Gasteiger partial charge in [-0.3, -0.25) is 0 Å². The summed E-state index contributed by atoms with van der Waals surface area (Å²) in [7, 11) is 1.57. The summed E-state index contributed by atoms with van der Waals surface area (Å²) in [4.78, 5) is 11.9. The predicted molar refractivity (Wildman–Crippen MR) is 107 cm³/mol. The van der Waals surface area contributed by atoms with Crippen LogP contribution < -0.4 is 9.47 Å². The molecule has 0 aliphatic carbocycles. The third-order valence-corrected chi connectivity index (χ3v) is 4.61. The van der Waals surface area contributed by atoms with Crippen LogP contribution in [0.3, 0.4) is 0 Å². The zero-order valence-corrected chi connectivity index (χ0v) is 15.3. The monoisotopic (exact) mass is 373 g/mol. The number of aromatic carboxylic acids is 1. The van der Waals surface area contributed by atoms with Crippen LogP contribution in [0.2, 0.25) is 0 Å². The first-order chi connectivity index (χ1) is 13.7. The zero-order chi connectivity index (χ0) is 19.5. The molecule has 2 aromatic carbocycles. The molecule has 2 aromatic heterocycles. The molecule has 0 aliphatic heterocycles. The largest absolute Gasteiger partial charge is 0.493 e. The van der Waals surface area contributed by atoms with E-state index in [-0.39, 0.29) is 5.56 Å². The van der Waals surface area contributed by atoms with Gasteiger partial charge >= 0.3 is 5.97 Å². The molecule has 0 saturated heterocycles. The number of nitrogens with zero attached hydrogens (tertiary/aromatic N) is 1. The van der Waals surface area contributed by atoms with Crippen LogP contribution in [0.15, 0.2) is 79.1 Å². The van der Waals surface area contributed by atoms with Crippen molar-refractivity contribution in [3.63, 3.8) is 0 Å². The Hall–Kier alpha value is -3.73. The van der Waals surface area contributed by atoms with Gasteiger partial charge in [0.2, 0.25) is 0 Å².